The van der Waals surface area contributed by atoms with Crippen molar-refractivity contribution >= 4 is 21.9 Å². The second-order valence-corrected chi connectivity index (χ2v) is 7.60. The van der Waals surface area contributed by atoms with Gasteiger partial charge in [-0.1, -0.05) is 18.6 Å². The lowest BCUT2D eigenvalue weighted by Crippen LogP contribution is -2.35. The minimum Gasteiger partial charge on any atom is -0.452 e. The van der Waals surface area contributed by atoms with E-state index in [1.807, 2.05) is 0 Å². The van der Waals surface area contributed by atoms with Crippen molar-refractivity contribution in [1.82, 2.24) is 9.62 Å². The number of esters is 1. The van der Waals surface area contributed by atoms with Gasteiger partial charge in [0.1, 0.15) is 0 Å². The SMILES string of the molecule is C=CCNC(=O)COC(=O)c1cccc(S(=O)(=O)N2CCCCC2)c1. The van der Waals surface area contributed by atoms with Gasteiger partial charge in [-0.05, 0) is 31.0 Å². The quantitative estimate of drug-likeness (QED) is 0.580. The molecule has 2 rings (SSSR count). The third-order valence-corrected chi connectivity index (χ3v) is 5.70. The van der Waals surface area contributed by atoms with Gasteiger partial charge in [-0.2, -0.15) is 4.31 Å². The van der Waals surface area contributed by atoms with Crippen LogP contribution in [0.4, 0.5) is 0 Å². The molecule has 8 heteroatoms. The summed E-state index contributed by atoms with van der Waals surface area (Å²) >= 11 is 0. The lowest BCUT2D eigenvalue weighted by Gasteiger charge is -2.25. The van der Waals surface area contributed by atoms with E-state index in [9.17, 15) is 18.0 Å². The van der Waals surface area contributed by atoms with Crippen LogP contribution in [0, 0.1) is 0 Å². The predicted molar refractivity (Wildman–Crippen MR) is 92.5 cm³/mol. The number of carbonyl (C=O) groups is 2. The molecule has 1 fully saturated rings. The van der Waals surface area contributed by atoms with Crippen molar-refractivity contribution in [2.24, 2.45) is 0 Å². The van der Waals surface area contributed by atoms with Crippen molar-refractivity contribution in [3.05, 3.63) is 42.5 Å². The average molecular weight is 366 g/mol. The van der Waals surface area contributed by atoms with Gasteiger partial charge >= 0.3 is 5.97 Å². The van der Waals surface area contributed by atoms with E-state index in [1.165, 1.54) is 34.6 Å². The van der Waals surface area contributed by atoms with Crippen LogP contribution in [-0.2, 0) is 19.6 Å². The van der Waals surface area contributed by atoms with E-state index in [-0.39, 0.29) is 17.0 Å². The predicted octanol–water partition coefficient (Wildman–Crippen LogP) is 1.32. The Morgan fingerprint density at radius 3 is 2.64 bits per heavy atom. The van der Waals surface area contributed by atoms with Crippen LogP contribution >= 0.6 is 0 Å². The summed E-state index contributed by atoms with van der Waals surface area (Å²) in [7, 11) is -3.63. The van der Waals surface area contributed by atoms with Crippen molar-refractivity contribution in [2.45, 2.75) is 24.2 Å². The first-order chi connectivity index (χ1) is 11.9. The summed E-state index contributed by atoms with van der Waals surface area (Å²) < 4.78 is 31.6. The van der Waals surface area contributed by atoms with Crippen LogP contribution in [0.3, 0.4) is 0 Å². The molecule has 0 bridgehead atoms. The van der Waals surface area contributed by atoms with E-state index in [2.05, 4.69) is 11.9 Å². The number of benzene rings is 1. The topological polar surface area (TPSA) is 92.8 Å². The summed E-state index contributed by atoms with van der Waals surface area (Å²) in [5, 5.41) is 2.48. The Hall–Kier alpha value is -2.19. The summed E-state index contributed by atoms with van der Waals surface area (Å²) in [4.78, 5) is 23.5. The van der Waals surface area contributed by atoms with E-state index in [0.29, 0.717) is 13.1 Å². The van der Waals surface area contributed by atoms with Gasteiger partial charge in [0.15, 0.2) is 6.61 Å². The largest absolute Gasteiger partial charge is 0.452 e. The Morgan fingerprint density at radius 2 is 1.96 bits per heavy atom. The fourth-order valence-electron chi connectivity index (χ4n) is 2.49. The highest BCUT2D eigenvalue weighted by molar-refractivity contribution is 7.89. The fourth-order valence-corrected chi connectivity index (χ4v) is 4.05. The maximum Gasteiger partial charge on any atom is 0.338 e. The van der Waals surface area contributed by atoms with Crippen LogP contribution in [-0.4, -0.2) is 50.8 Å². The van der Waals surface area contributed by atoms with E-state index in [1.54, 1.807) is 0 Å². The molecule has 1 aromatic rings. The zero-order valence-electron chi connectivity index (χ0n) is 13.9. The second-order valence-electron chi connectivity index (χ2n) is 5.66. The molecule has 0 unspecified atom stereocenters. The van der Waals surface area contributed by atoms with Gasteiger partial charge in [-0.25, -0.2) is 13.2 Å². The molecule has 0 saturated carbocycles. The van der Waals surface area contributed by atoms with Crippen LogP contribution in [0.1, 0.15) is 29.6 Å². The van der Waals surface area contributed by atoms with Gasteiger partial charge in [0.05, 0.1) is 10.5 Å². The summed E-state index contributed by atoms with van der Waals surface area (Å²) in [6, 6.07) is 5.69. The summed E-state index contributed by atoms with van der Waals surface area (Å²) in [5.74, 6) is -1.20. The van der Waals surface area contributed by atoms with Gasteiger partial charge in [0.25, 0.3) is 5.91 Å². The Labute approximate surface area is 147 Å². The van der Waals surface area contributed by atoms with Crippen molar-refractivity contribution in [1.29, 1.82) is 0 Å². The number of hydrogen-bond acceptors (Lipinski definition) is 5. The molecule has 1 N–H and O–H groups in total. The number of piperidine rings is 1. The highest BCUT2D eigenvalue weighted by Gasteiger charge is 2.26. The van der Waals surface area contributed by atoms with Crippen LogP contribution in [0.15, 0.2) is 41.8 Å². The first-order valence-electron chi connectivity index (χ1n) is 8.10. The normalized spacial score (nSPS) is 15.4. The molecule has 1 heterocycles. The second kappa shape index (κ2) is 8.77. The highest BCUT2D eigenvalue weighted by Crippen LogP contribution is 2.21. The molecule has 0 atom stereocenters. The highest BCUT2D eigenvalue weighted by atomic mass is 32.2. The molecule has 1 saturated heterocycles. The molecule has 0 aromatic heterocycles. The zero-order chi connectivity index (χ0) is 18.3. The van der Waals surface area contributed by atoms with Gasteiger partial charge in [0, 0.05) is 19.6 Å². The molecule has 136 valence electrons. The Bertz CT molecular complexity index is 739. The molecule has 0 aliphatic carbocycles. The molecule has 1 aromatic carbocycles. The van der Waals surface area contributed by atoms with Crippen LogP contribution in [0.25, 0.3) is 0 Å². The smallest absolute Gasteiger partial charge is 0.338 e. The number of hydrogen-bond donors (Lipinski definition) is 1. The van der Waals surface area contributed by atoms with E-state index >= 15 is 0 Å². The molecule has 7 nitrogen and oxygen atoms in total. The van der Waals surface area contributed by atoms with Crippen LogP contribution in [0.2, 0.25) is 0 Å². The number of ether oxygens (including phenoxy) is 1. The monoisotopic (exact) mass is 366 g/mol. The average Bonchev–Trinajstić information content (AvgIpc) is 2.65. The molecule has 0 spiro atoms. The zero-order valence-corrected chi connectivity index (χ0v) is 14.8. The van der Waals surface area contributed by atoms with Gasteiger partial charge in [-0.15, -0.1) is 6.58 Å². The fraction of sp³-hybridized carbons (Fsp3) is 0.412. The van der Waals surface area contributed by atoms with Gasteiger partial charge in [-0.3, -0.25) is 4.79 Å². The van der Waals surface area contributed by atoms with E-state index in [0.717, 1.165) is 19.3 Å². The number of nitrogens with one attached hydrogen (secondary N) is 1. The number of nitrogens with zero attached hydrogens (tertiary/aromatic N) is 1. The van der Waals surface area contributed by atoms with Crippen molar-refractivity contribution in [2.75, 3.05) is 26.2 Å². The van der Waals surface area contributed by atoms with Gasteiger partial charge < -0.3 is 10.1 Å². The molecule has 1 aliphatic rings. The third kappa shape index (κ3) is 5.14. The number of amides is 1. The van der Waals surface area contributed by atoms with E-state index in [4.69, 9.17) is 4.74 Å². The Morgan fingerprint density at radius 1 is 1.24 bits per heavy atom. The molecule has 0 radical (unpaired) electrons. The maximum absolute atomic E-state index is 12.6. The first-order valence-corrected chi connectivity index (χ1v) is 9.54. The molecular formula is C17H22N2O5S. The summed E-state index contributed by atoms with van der Waals surface area (Å²) in [6.45, 7) is 4.28. The summed E-state index contributed by atoms with van der Waals surface area (Å²) in [5.41, 5.74) is 0.0922. The molecule has 1 amide bonds. The van der Waals surface area contributed by atoms with Crippen molar-refractivity contribution in [3.63, 3.8) is 0 Å². The number of rotatable bonds is 7. The Kier molecular flexibility index (Phi) is 6.72. The van der Waals surface area contributed by atoms with Gasteiger partial charge in [0.2, 0.25) is 10.0 Å². The van der Waals surface area contributed by atoms with Crippen LogP contribution < -0.4 is 5.32 Å². The maximum atomic E-state index is 12.6. The molecule has 25 heavy (non-hydrogen) atoms. The van der Waals surface area contributed by atoms with E-state index < -0.39 is 28.5 Å². The minimum atomic E-state index is -3.63. The van der Waals surface area contributed by atoms with Crippen LogP contribution in [0.5, 0.6) is 0 Å². The lowest BCUT2D eigenvalue weighted by atomic mass is 10.2. The minimum absolute atomic E-state index is 0.0555. The third-order valence-electron chi connectivity index (χ3n) is 3.80. The number of carbonyl (C=O) groups excluding carboxylic acids is 2. The molecular weight excluding hydrogens is 344 g/mol. The standard InChI is InChI=1S/C17H22N2O5S/c1-2-9-18-16(20)13-24-17(21)14-7-6-8-15(12-14)25(22,23)19-10-4-3-5-11-19/h2,6-8,12H,1,3-5,9-11,13H2,(H,18,20). The first kappa shape index (κ1) is 19.1. The lowest BCUT2D eigenvalue weighted by molar-refractivity contribution is -0.124. The summed E-state index contributed by atoms with van der Waals surface area (Å²) in [6.07, 6.45) is 4.20. The van der Waals surface area contributed by atoms with Crippen molar-refractivity contribution < 1.29 is 22.7 Å². The van der Waals surface area contributed by atoms with Crippen molar-refractivity contribution in [3.8, 4) is 0 Å². The molecule has 1 aliphatic heterocycles. The Balaban J connectivity index is 2.06. The number of sulfonamides is 1.